The predicted octanol–water partition coefficient (Wildman–Crippen LogP) is 18.4. The van der Waals surface area contributed by atoms with Crippen molar-refractivity contribution in [2.24, 2.45) is 0 Å². The monoisotopic (exact) mass is 944 g/mol. The van der Waals surface area contributed by atoms with Crippen LogP contribution in [0.25, 0.3) is 121 Å². The lowest BCUT2D eigenvalue weighted by atomic mass is 9.74. The molecule has 74 heavy (non-hydrogen) atoms. The maximum absolute atomic E-state index is 2.61. The first-order chi connectivity index (χ1) is 35.9. The fourth-order valence-corrected chi connectivity index (χ4v) is 16.7. The van der Waals surface area contributed by atoms with Crippen molar-refractivity contribution in [3.05, 3.63) is 226 Å². The van der Waals surface area contributed by atoms with Crippen molar-refractivity contribution in [2.75, 3.05) is 0 Å². The van der Waals surface area contributed by atoms with Crippen molar-refractivity contribution in [3.8, 4) is 44.5 Å². The number of rotatable bonds is 2. The van der Waals surface area contributed by atoms with Crippen LogP contribution < -0.4 is 0 Å². The third-order valence-electron chi connectivity index (χ3n) is 20.0. The average molecular weight is 945 g/mol. The van der Waals surface area contributed by atoms with Crippen molar-refractivity contribution in [3.63, 3.8) is 0 Å². The second-order valence-electron chi connectivity index (χ2n) is 24.6. The summed E-state index contributed by atoms with van der Waals surface area (Å²) >= 11 is 0. The number of fused-ring (bicyclic) bond motifs is 26. The molecule has 4 aliphatic carbocycles. The van der Waals surface area contributed by atoms with Gasteiger partial charge in [0, 0.05) is 64.7 Å². The van der Waals surface area contributed by atoms with Gasteiger partial charge in [-0.15, -0.1) is 0 Å². The van der Waals surface area contributed by atoms with E-state index in [2.05, 4.69) is 233 Å². The average Bonchev–Trinajstić information content (AvgIpc) is 4.42. The Morgan fingerprint density at radius 3 is 1.35 bits per heavy atom. The van der Waals surface area contributed by atoms with Crippen LogP contribution in [-0.4, -0.2) is 8.80 Å². The summed E-state index contributed by atoms with van der Waals surface area (Å²) in [5.74, 6) is 0. The van der Waals surface area contributed by atoms with Crippen molar-refractivity contribution in [1.29, 1.82) is 0 Å². The molecule has 0 aliphatic heterocycles. The van der Waals surface area contributed by atoms with Crippen LogP contribution in [0.5, 0.6) is 0 Å². The highest BCUT2D eigenvalue weighted by atomic mass is 14.9. The Balaban J connectivity index is 0.788. The van der Waals surface area contributed by atoms with Gasteiger partial charge in [0.05, 0.1) is 33.1 Å². The van der Waals surface area contributed by atoms with Gasteiger partial charge < -0.3 is 8.80 Å². The second-order valence-corrected chi connectivity index (χ2v) is 24.6. The van der Waals surface area contributed by atoms with E-state index in [4.69, 9.17) is 0 Å². The third kappa shape index (κ3) is 4.34. The molecule has 2 heteroatoms. The van der Waals surface area contributed by atoms with Gasteiger partial charge in [0.2, 0.25) is 0 Å². The number of aromatic nitrogens is 2. The molecule has 14 aromatic rings. The normalized spacial score (nSPS) is 18.1. The molecule has 4 heterocycles. The van der Waals surface area contributed by atoms with Gasteiger partial charge in [-0.05, 0) is 137 Å². The van der Waals surface area contributed by atoms with E-state index in [1.54, 1.807) is 0 Å². The van der Waals surface area contributed by atoms with Gasteiger partial charge in [0.1, 0.15) is 0 Å². The quantitative estimate of drug-likeness (QED) is 0.163. The lowest BCUT2D eigenvalue weighted by Crippen LogP contribution is -2.24. The summed E-state index contributed by atoms with van der Waals surface area (Å²) in [4.78, 5) is 0. The van der Waals surface area contributed by atoms with E-state index in [0.29, 0.717) is 0 Å². The Morgan fingerprint density at radius 1 is 0.297 bits per heavy atom. The number of hydrogen-bond acceptors (Lipinski definition) is 0. The van der Waals surface area contributed by atoms with Crippen LogP contribution in [0.15, 0.2) is 176 Å². The minimum atomic E-state index is -0.230. The van der Waals surface area contributed by atoms with Crippen LogP contribution in [0, 0.1) is 0 Å². The third-order valence-corrected chi connectivity index (χ3v) is 20.0. The Kier molecular flexibility index (Phi) is 6.85. The van der Waals surface area contributed by atoms with Gasteiger partial charge in [-0.3, -0.25) is 0 Å². The molecule has 0 bridgehead atoms. The van der Waals surface area contributed by atoms with Gasteiger partial charge >= 0.3 is 0 Å². The molecule has 0 fully saturated rings. The minimum Gasteiger partial charge on any atom is -0.308 e. The maximum atomic E-state index is 2.61. The van der Waals surface area contributed by atoms with Crippen molar-refractivity contribution in [1.82, 2.24) is 8.80 Å². The SMILES string of the molecule is CC1(C)c2ccccc2-c2cc3c(cc21)c1cccc2c4cc5c(cc4n3c12)-c1ccccc1C5(C)Cc1ccc2c(c1)C(C)(C)c1c-2ccc2c1c1cccc3c4c5c(ccc4n2c31)-c1ccccc1C5(C)C. The molecule has 18 rings (SSSR count). The summed E-state index contributed by atoms with van der Waals surface area (Å²) in [6, 6.07) is 68.8. The van der Waals surface area contributed by atoms with Gasteiger partial charge in [0.25, 0.3) is 0 Å². The molecule has 1 atom stereocenters. The van der Waals surface area contributed by atoms with E-state index in [1.165, 1.54) is 171 Å². The molecule has 0 N–H and O–H groups in total. The predicted molar refractivity (Wildman–Crippen MR) is 310 cm³/mol. The van der Waals surface area contributed by atoms with Crippen LogP contribution in [0.3, 0.4) is 0 Å². The highest BCUT2D eigenvalue weighted by Gasteiger charge is 2.44. The first-order valence-corrected chi connectivity index (χ1v) is 26.9. The lowest BCUT2D eigenvalue weighted by Gasteiger charge is -2.29. The molecule has 4 aliphatic rings. The first kappa shape index (κ1) is 40.3. The van der Waals surface area contributed by atoms with Crippen LogP contribution in [-0.2, 0) is 28.1 Å². The molecule has 0 saturated carbocycles. The number of benzene rings is 10. The summed E-state index contributed by atoms with van der Waals surface area (Å²) in [6.45, 7) is 17.1. The molecule has 0 radical (unpaired) electrons. The zero-order chi connectivity index (χ0) is 49.3. The number of para-hydroxylation sites is 2. The van der Waals surface area contributed by atoms with Crippen molar-refractivity contribution in [2.45, 2.75) is 76.5 Å². The van der Waals surface area contributed by atoms with Gasteiger partial charge in [-0.1, -0.05) is 188 Å². The second kappa shape index (κ2) is 12.6. The fourth-order valence-electron chi connectivity index (χ4n) is 16.7. The molecule has 0 spiro atoms. The van der Waals surface area contributed by atoms with E-state index in [-0.39, 0.29) is 21.7 Å². The largest absolute Gasteiger partial charge is 0.308 e. The molecule has 2 nitrogen and oxygen atoms in total. The molecule has 0 amide bonds. The molecule has 0 saturated heterocycles. The zero-order valence-electron chi connectivity index (χ0n) is 42.8. The number of nitrogens with zero attached hydrogens (tertiary/aromatic N) is 2. The van der Waals surface area contributed by atoms with Crippen LogP contribution in [0.2, 0.25) is 0 Å². The smallest absolute Gasteiger partial charge is 0.0620 e. The van der Waals surface area contributed by atoms with Crippen LogP contribution in [0.4, 0.5) is 0 Å². The maximum Gasteiger partial charge on any atom is 0.0620 e. The van der Waals surface area contributed by atoms with E-state index in [1.807, 2.05) is 0 Å². The van der Waals surface area contributed by atoms with Crippen LogP contribution >= 0.6 is 0 Å². The lowest BCUT2D eigenvalue weighted by molar-refractivity contribution is 0.581. The summed E-state index contributed by atoms with van der Waals surface area (Å²) in [7, 11) is 0. The Hall–Kier alpha value is -8.20. The summed E-state index contributed by atoms with van der Waals surface area (Å²) < 4.78 is 5.21. The Morgan fingerprint density at radius 2 is 0.730 bits per heavy atom. The van der Waals surface area contributed by atoms with Gasteiger partial charge in [0.15, 0.2) is 0 Å². The molecule has 1 unspecified atom stereocenters. The summed E-state index contributed by atoms with van der Waals surface area (Å²) in [5, 5.41) is 10.9. The minimum absolute atomic E-state index is 0.0485. The summed E-state index contributed by atoms with van der Waals surface area (Å²) in [5.41, 5.74) is 31.2. The van der Waals surface area contributed by atoms with E-state index in [9.17, 15) is 0 Å². The Bertz CT molecular complexity index is 4970. The fraction of sp³-hybridized carbons (Fsp3) is 0.167. The molecular weight excluding hydrogens is 893 g/mol. The van der Waals surface area contributed by atoms with E-state index in [0.717, 1.165) is 6.42 Å². The topological polar surface area (TPSA) is 8.82 Å². The first-order valence-electron chi connectivity index (χ1n) is 26.9. The van der Waals surface area contributed by atoms with E-state index < -0.39 is 0 Å². The van der Waals surface area contributed by atoms with Crippen molar-refractivity contribution >= 4 is 76.2 Å². The van der Waals surface area contributed by atoms with Gasteiger partial charge in [-0.2, -0.15) is 0 Å². The molecule has 10 aromatic carbocycles. The molecule has 4 aromatic heterocycles. The molecular formula is C72H52N2. The standard InChI is InChI=1S/C72H52N2/c1-69(2)53-23-11-9-17-40(53)49-35-61-51(33-57(49)69)45-19-14-20-46-52-34-58-50(36-62(52)74(61)67(45)46)41-18-10-13-25-55(41)72(58,7)37-38-26-27-42-44-29-31-60-64(66(44)71(5,6)56(42)32-38)48-22-15-21-47-63-59(73(60)68(47)48)30-28-43-39-16-8-12-24-54(39)70(3,4)65(43)63/h8-36H,37H2,1-7H3. The highest BCUT2D eigenvalue weighted by molar-refractivity contribution is 6.27. The van der Waals surface area contributed by atoms with Crippen molar-refractivity contribution < 1.29 is 0 Å². The van der Waals surface area contributed by atoms with E-state index >= 15 is 0 Å². The summed E-state index contributed by atoms with van der Waals surface area (Å²) in [6.07, 6.45) is 0.912. The number of hydrogen-bond donors (Lipinski definition) is 0. The van der Waals surface area contributed by atoms with Gasteiger partial charge in [-0.25, -0.2) is 0 Å². The Labute approximate surface area is 429 Å². The molecule has 350 valence electrons. The zero-order valence-corrected chi connectivity index (χ0v) is 42.8. The van der Waals surface area contributed by atoms with Crippen LogP contribution in [0.1, 0.15) is 98.5 Å². The highest BCUT2D eigenvalue weighted by Crippen LogP contribution is 2.59.